The number of amides is 1. The molecule has 1 amide bonds. The summed E-state index contributed by atoms with van der Waals surface area (Å²) >= 11 is 0. The minimum Gasteiger partial charge on any atom is -0.455 e. The summed E-state index contributed by atoms with van der Waals surface area (Å²) < 4.78 is 33.1. The second-order valence-corrected chi connectivity index (χ2v) is 8.81. The van der Waals surface area contributed by atoms with Crippen LogP contribution in [0.2, 0.25) is 0 Å². The van der Waals surface area contributed by atoms with E-state index in [9.17, 15) is 23.3 Å². The van der Waals surface area contributed by atoms with Gasteiger partial charge in [-0.05, 0) is 49.2 Å². The number of aryl methyl sites for hydroxylation is 2. The number of nitrogens with one attached hydrogen (secondary N) is 2. The van der Waals surface area contributed by atoms with Gasteiger partial charge in [-0.15, -0.1) is 0 Å². The Labute approximate surface area is 190 Å². The number of benzene rings is 2. The zero-order valence-corrected chi connectivity index (χ0v) is 18.7. The first-order valence-electron chi connectivity index (χ1n) is 9.77. The van der Waals surface area contributed by atoms with Crippen molar-refractivity contribution in [2.45, 2.75) is 18.7 Å². The molecule has 3 rings (SSSR count). The highest BCUT2D eigenvalue weighted by Crippen LogP contribution is 2.19. The number of carbonyl (C=O) groups excluding carboxylic acids is 2. The van der Waals surface area contributed by atoms with Gasteiger partial charge in [-0.25, -0.2) is 13.1 Å². The molecule has 1 heterocycles. The number of hydrogen-bond donors (Lipinski definition) is 2. The minimum absolute atomic E-state index is 0.0225. The molecule has 3 aromatic rings. The summed E-state index contributed by atoms with van der Waals surface area (Å²) in [5, 5.41) is 15.9. The van der Waals surface area contributed by atoms with Crippen LogP contribution in [0.25, 0.3) is 5.69 Å². The highest BCUT2D eigenvalue weighted by Gasteiger charge is 2.19. The second kappa shape index (κ2) is 10.1. The summed E-state index contributed by atoms with van der Waals surface area (Å²) in [6, 6.07) is 15.4. The molecule has 0 bridgehead atoms. The molecule has 0 aliphatic carbocycles. The quantitative estimate of drug-likeness (QED) is 0.481. The van der Waals surface area contributed by atoms with Crippen LogP contribution in [-0.2, 0) is 24.3 Å². The lowest BCUT2D eigenvalue weighted by Crippen LogP contribution is -2.32. The summed E-state index contributed by atoms with van der Waals surface area (Å²) in [5.74, 6) is -1.52. The van der Waals surface area contributed by atoms with E-state index in [4.69, 9.17) is 4.74 Å². The largest absolute Gasteiger partial charge is 0.455 e. The van der Waals surface area contributed by atoms with Gasteiger partial charge in [0.05, 0.1) is 16.8 Å². The Morgan fingerprint density at radius 1 is 1.12 bits per heavy atom. The van der Waals surface area contributed by atoms with E-state index in [0.29, 0.717) is 5.69 Å². The Morgan fingerprint density at radius 2 is 1.85 bits per heavy atom. The number of nitriles is 1. The third-order valence-corrected chi connectivity index (χ3v) is 6.11. The molecular formula is C22H21N5O5S. The fourth-order valence-electron chi connectivity index (χ4n) is 2.80. The topological polar surface area (TPSA) is 143 Å². The first kappa shape index (κ1) is 23.6. The lowest BCUT2D eigenvalue weighted by molar-refractivity contribution is -0.146. The van der Waals surface area contributed by atoms with Crippen LogP contribution in [0.1, 0.15) is 16.7 Å². The normalized spacial score (nSPS) is 10.9. The summed E-state index contributed by atoms with van der Waals surface area (Å²) in [6.45, 7) is 2.32. The Hall–Kier alpha value is -4.01. The van der Waals surface area contributed by atoms with Crippen molar-refractivity contribution in [3.63, 3.8) is 0 Å². The fourth-order valence-corrected chi connectivity index (χ4v) is 3.85. The van der Waals surface area contributed by atoms with Crippen molar-refractivity contribution in [2.75, 3.05) is 18.5 Å². The average Bonchev–Trinajstić information content (AvgIpc) is 3.21. The van der Waals surface area contributed by atoms with Crippen molar-refractivity contribution in [1.82, 2.24) is 14.5 Å². The molecule has 2 aromatic carbocycles. The zero-order chi connectivity index (χ0) is 24.0. The molecule has 1 aromatic heterocycles. The van der Waals surface area contributed by atoms with E-state index in [1.54, 1.807) is 37.3 Å². The molecule has 170 valence electrons. The van der Waals surface area contributed by atoms with Gasteiger partial charge in [0.15, 0.2) is 12.4 Å². The minimum atomic E-state index is -3.92. The molecule has 0 saturated heterocycles. The summed E-state index contributed by atoms with van der Waals surface area (Å²) in [5.41, 5.74) is 2.47. The van der Waals surface area contributed by atoms with Crippen LogP contribution in [0.15, 0.2) is 59.6 Å². The molecule has 0 aliphatic heterocycles. The Kier molecular flexibility index (Phi) is 7.22. The van der Waals surface area contributed by atoms with Crippen LogP contribution >= 0.6 is 0 Å². The number of sulfonamides is 1. The lowest BCUT2D eigenvalue weighted by atomic mass is 10.1. The number of rotatable bonds is 8. The molecule has 0 aliphatic rings. The second-order valence-electron chi connectivity index (χ2n) is 7.05. The van der Waals surface area contributed by atoms with E-state index < -0.39 is 35.1 Å². The lowest BCUT2D eigenvalue weighted by Gasteiger charge is -2.11. The third-order valence-electron chi connectivity index (χ3n) is 4.71. The van der Waals surface area contributed by atoms with Crippen molar-refractivity contribution < 1.29 is 22.7 Å². The number of anilines is 1. The van der Waals surface area contributed by atoms with Crippen molar-refractivity contribution in [1.29, 1.82) is 5.26 Å². The third kappa shape index (κ3) is 5.82. The van der Waals surface area contributed by atoms with Gasteiger partial charge >= 0.3 is 5.97 Å². The summed E-state index contributed by atoms with van der Waals surface area (Å²) in [4.78, 5) is 24.3. The van der Waals surface area contributed by atoms with Gasteiger partial charge in [0.1, 0.15) is 18.2 Å². The Balaban J connectivity index is 1.57. The molecular weight excluding hydrogens is 446 g/mol. The smallest absolute Gasteiger partial charge is 0.321 e. The number of carbonyl (C=O) groups is 2. The number of esters is 1. The number of nitrogens with zero attached hydrogens (tertiary/aromatic N) is 3. The molecule has 33 heavy (non-hydrogen) atoms. The van der Waals surface area contributed by atoms with E-state index in [-0.39, 0.29) is 16.3 Å². The van der Waals surface area contributed by atoms with Crippen molar-refractivity contribution >= 4 is 27.7 Å². The molecule has 0 saturated carbocycles. The van der Waals surface area contributed by atoms with Crippen LogP contribution in [0.4, 0.5) is 5.82 Å². The van der Waals surface area contributed by atoms with Gasteiger partial charge in [-0.3, -0.25) is 9.59 Å². The fraction of sp³-hybridized carbons (Fsp3) is 0.182. The van der Waals surface area contributed by atoms with E-state index in [1.807, 2.05) is 19.1 Å². The molecule has 11 heteroatoms. The number of para-hydroxylation sites is 1. The monoisotopic (exact) mass is 467 g/mol. The van der Waals surface area contributed by atoms with E-state index in [2.05, 4.69) is 15.1 Å². The number of hydrogen-bond acceptors (Lipinski definition) is 7. The van der Waals surface area contributed by atoms with Crippen LogP contribution in [0, 0.1) is 25.2 Å². The first-order chi connectivity index (χ1) is 15.7. The van der Waals surface area contributed by atoms with E-state index in [0.717, 1.165) is 11.1 Å². The maximum absolute atomic E-state index is 12.4. The van der Waals surface area contributed by atoms with E-state index in [1.165, 1.54) is 23.0 Å². The molecule has 2 N–H and O–H groups in total. The summed E-state index contributed by atoms with van der Waals surface area (Å²) in [7, 11) is -3.92. The number of ether oxygens (including phenoxy) is 1. The molecule has 0 atom stereocenters. The predicted octanol–water partition coefficient (Wildman–Crippen LogP) is 1.82. The Morgan fingerprint density at radius 3 is 2.52 bits per heavy atom. The van der Waals surface area contributed by atoms with Crippen LogP contribution in [0.3, 0.4) is 0 Å². The molecule has 10 nitrogen and oxygen atoms in total. The standard InChI is InChI=1S/C22H21N5O5S/c1-15-8-9-19(10-16(15)2)33(30,31)25-13-21(29)32-14-20(28)26-22-17(11-23)12-24-27(22)18-6-4-3-5-7-18/h3-10,12,25H,13-14H2,1-2H3,(H,26,28). The van der Waals surface area contributed by atoms with Crippen LogP contribution < -0.4 is 10.0 Å². The summed E-state index contributed by atoms with van der Waals surface area (Å²) in [6.07, 6.45) is 1.30. The van der Waals surface area contributed by atoms with Gasteiger partial charge in [-0.1, -0.05) is 24.3 Å². The highest BCUT2D eigenvalue weighted by atomic mass is 32.2. The van der Waals surface area contributed by atoms with Gasteiger partial charge in [0.25, 0.3) is 5.91 Å². The number of aromatic nitrogens is 2. The molecule has 0 fully saturated rings. The molecule has 0 spiro atoms. The van der Waals surface area contributed by atoms with Gasteiger partial charge in [-0.2, -0.15) is 15.1 Å². The van der Waals surface area contributed by atoms with Crippen molar-refractivity contribution in [3.05, 3.63) is 71.4 Å². The maximum atomic E-state index is 12.4. The first-order valence-corrected chi connectivity index (χ1v) is 11.3. The average molecular weight is 468 g/mol. The maximum Gasteiger partial charge on any atom is 0.321 e. The van der Waals surface area contributed by atoms with Crippen LogP contribution in [0.5, 0.6) is 0 Å². The van der Waals surface area contributed by atoms with Gasteiger partial charge < -0.3 is 10.1 Å². The molecule has 0 unspecified atom stereocenters. The Bertz CT molecular complexity index is 1330. The highest BCUT2D eigenvalue weighted by molar-refractivity contribution is 7.89. The van der Waals surface area contributed by atoms with Crippen molar-refractivity contribution in [2.24, 2.45) is 0 Å². The predicted molar refractivity (Wildman–Crippen MR) is 119 cm³/mol. The van der Waals surface area contributed by atoms with Gasteiger partial charge in [0.2, 0.25) is 10.0 Å². The van der Waals surface area contributed by atoms with Crippen LogP contribution in [-0.4, -0.2) is 43.2 Å². The SMILES string of the molecule is Cc1ccc(S(=O)(=O)NCC(=O)OCC(=O)Nc2c(C#N)cnn2-c2ccccc2)cc1C. The van der Waals surface area contributed by atoms with E-state index >= 15 is 0 Å². The molecule has 0 radical (unpaired) electrons. The zero-order valence-electron chi connectivity index (χ0n) is 17.9. The van der Waals surface area contributed by atoms with Crippen molar-refractivity contribution in [3.8, 4) is 11.8 Å². The van der Waals surface area contributed by atoms with Gasteiger partial charge in [0, 0.05) is 0 Å².